The summed E-state index contributed by atoms with van der Waals surface area (Å²) in [6, 6.07) is 8.95. The second-order valence-corrected chi connectivity index (χ2v) is 8.72. The first kappa shape index (κ1) is 20.7. The average Bonchev–Trinajstić information content (AvgIpc) is 3.13. The Labute approximate surface area is 194 Å². The van der Waals surface area contributed by atoms with Crippen LogP contribution < -0.4 is 10.6 Å². The molecule has 1 amide bonds. The van der Waals surface area contributed by atoms with Gasteiger partial charge in [-0.25, -0.2) is 15.0 Å². The minimum absolute atomic E-state index is 0.229. The van der Waals surface area contributed by atoms with Gasteiger partial charge in [0.25, 0.3) is 0 Å². The summed E-state index contributed by atoms with van der Waals surface area (Å²) in [5.74, 6) is 6.65. The van der Waals surface area contributed by atoms with Gasteiger partial charge in [-0.15, -0.1) is 0 Å². The highest BCUT2D eigenvalue weighted by Gasteiger charge is 2.75. The summed E-state index contributed by atoms with van der Waals surface area (Å²) >= 11 is 0. The molecule has 2 saturated carbocycles. The number of anilines is 1. The van der Waals surface area contributed by atoms with Crippen LogP contribution in [0.2, 0.25) is 0 Å². The van der Waals surface area contributed by atoms with E-state index in [4.69, 9.17) is 4.42 Å². The van der Waals surface area contributed by atoms with Gasteiger partial charge in [-0.05, 0) is 24.3 Å². The van der Waals surface area contributed by atoms with Gasteiger partial charge in [-0.3, -0.25) is 4.79 Å². The number of amides is 1. The van der Waals surface area contributed by atoms with Crippen molar-refractivity contribution in [2.75, 3.05) is 19.4 Å². The molecule has 1 aromatic carbocycles. The molecule has 172 valence electrons. The number of nitrogens with zero attached hydrogens (tertiary/aromatic N) is 4. The van der Waals surface area contributed by atoms with E-state index in [1.54, 1.807) is 17.9 Å². The van der Waals surface area contributed by atoms with E-state index >= 15 is 0 Å². The van der Waals surface area contributed by atoms with Crippen LogP contribution in [0.4, 0.5) is 5.82 Å². The molecular formula is C24H22N6O4. The van der Waals surface area contributed by atoms with Gasteiger partial charge in [-0.2, -0.15) is 0 Å². The minimum atomic E-state index is -1.17. The topological polar surface area (TPSA) is 138 Å². The minimum Gasteiger partial charge on any atom is -0.448 e. The Morgan fingerprint density at radius 2 is 2.06 bits per heavy atom. The smallest absolute Gasteiger partial charge is 0.229 e. The van der Waals surface area contributed by atoms with Crippen molar-refractivity contribution in [2.24, 2.45) is 11.3 Å². The van der Waals surface area contributed by atoms with E-state index in [1.807, 2.05) is 30.3 Å². The predicted octanol–water partition coefficient (Wildman–Crippen LogP) is 1.04. The molecule has 0 aliphatic heterocycles. The molecule has 34 heavy (non-hydrogen) atoms. The molecule has 2 unspecified atom stereocenters. The van der Waals surface area contributed by atoms with E-state index in [0.29, 0.717) is 29.2 Å². The Balaban J connectivity index is 1.41. The first-order valence-electron chi connectivity index (χ1n) is 11.0. The van der Waals surface area contributed by atoms with Gasteiger partial charge in [0.15, 0.2) is 22.7 Å². The standard InChI is InChI=1S/C24H22N6O4/c1-25-21-17-22(29-16(28-21)8-7-13-9-12-5-3-4-6-15(12)34-13)30(11-27-17)18-14-10-24(14,23(33)26-2)20(32)19(18)31/h3-6,9,11,14,18-20,31-32H,10H2,1-2H3,(H,26,33)(H,25,28,29)/t14?,18-,19+,20?,24-/m1/s1. The van der Waals surface area contributed by atoms with Crippen LogP contribution in [0.1, 0.15) is 24.0 Å². The maximum Gasteiger partial charge on any atom is 0.229 e. The van der Waals surface area contributed by atoms with Crippen molar-refractivity contribution >= 4 is 33.9 Å². The van der Waals surface area contributed by atoms with E-state index in [9.17, 15) is 15.0 Å². The van der Waals surface area contributed by atoms with Crippen LogP contribution in [0.15, 0.2) is 41.1 Å². The number of fused-ring (bicyclic) bond motifs is 3. The van der Waals surface area contributed by atoms with E-state index in [0.717, 1.165) is 11.0 Å². The zero-order valence-corrected chi connectivity index (χ0v) is 18.5. The molecule has 10 heteroatoms. The second-order valence-electron chi connectivity index (χ2n) is 8.72. The first-order valence-corrected chi connectivity index (χ1v) is 11.0. The highest BCUT2D eigenvalue weighted by Crippen LogP contribution is 2.67. The van der Waals surface area contributed by atoms with E-state index in [1.165, 1.54) is 7.05 Å². The summed E-state index contributed by atoms with van der Waals surface area (Å²) in [6.07, 6.45) is -0.252. The quantitative estimate of drug-likeness (QED) is 0.334. The molecule has 0 saturated heterocycles. The van der Waals surface area contributed by atoms with Crippen LogP contribution in [-0.4, -0.2) is 61.9 Å². The van der Waals surface area contributed by atoms with Crippen molar-refractivity contribution < 1.29 is 19.4 Å². The van der Waals surface area contributed by atoms with Gasteiger partial charge in [0.05, 0.1) is 23.9 Å². The molecule has 3 heterocycles. The Kier molecular flexibility index (Phi) is 4.42. The molecule has 0 spiro atoms. The van der Waals surface area contributed by atoms with Gasteiger partial charge in [0, 0.05) is 31.5 Å². The molecule has 10 nitrogen and oxygen atoms in total. The summed E-state index contributed by atoms with van der Waals surface area (Å²) in [6.45, 7) is 0. The Bertz CT molecular complexity index is 1480. The van der Waals surface area contributed by atoms with E-state index in [-0.39, 0.29) is 17.6 Å². The number of benzene rings is 1. The van der Waals surface area contributed by atoms with Gasteiger partial charge in [0.2, 0.25) is 11.7 Å². The van der Waals surface area contributed by atoms with Gasteiger partial charge >= 0.3 is 0 Å². The molecule has 3 aromatic heterocycles. The third kappa shape index (κ3) is 2.77. The average molecular weight is 458 g/mol. The molecule has 6 rings (SSSR count). The molecular weight excluding hydrogens is 436 g/mol. The van der Waals surface area contributed by atoms with Crippen LogP contribution >= 0.6 is 0 Å². The molecule has 4 N–H and O–H groups in total. The zero-order chi connectivity index (χ0) is 23.6. The monoisotopic (exact) mass is 458 g/mol. The number of hydrogen-bond acceptors (Lipinski definition) is 8. The third-order valence-corrected chi connectivity index (χ3v) is 7.02. The SMILES string of the molecule is CNC(=O)[C@]12CC1[C@@H](n1cnc3c(NC)nc(C#Cc4cc5ccccc5o4)nc31)[C@H](O)C2O. The van der Waals surface area contributed by atoms with Crippen LogP contribution in [0.25, 0.3) is 22.1 Å². The van der Waals surface area contributed by atoms with E-state index < -0.39 is 23.7 Å². The van der Waals surface area contributed by atoms with Gasteiger partial charge < -0.3 is 29.8 Å². The fourth-order valence-corrected chi connectivity index (χ4v) is 5.31. The molecule has 2 fully saturated rings. The number of aromatic nitrogens is 4. The number of aliphatic hydroxyl groups is 2. The summed E-state index contributed by atoms with van der Waals surface area (Å²) in [5, 5.41) is 28.1. The third-order valence-electron chi connectivity index (χ3n) is 7.02. The van der Waals surface area contributed by atoms with Crippen molar-refractivity contribution in [3.05, 3.63) is 48.2 Å². The number of carbonyl (C=O) groups excluding carboxylic acids is 1. The van der Waals surface area contributed by atoms with Crippen molar-refractivity contribution in [1.29, 1.82) is 0 Å². The maximum absolute atomic E-state index is 12.5. The number of hydrogen-bond donors (Lipinski definition) is 4. The van der Waals surface area contributed by atoms with Gasteiger partial charge in [0.1, 0.15) is 11.7 Å². The highest BCUT2D eigenvalue weighted by molar-refractivity contribution is 5.88. The predicted molar refractivity (Wildman–Crippen MR) is 123 cm³/mol. The van der Waals surface area contributed by atoms with Crippen molar-refractivity contribution in [2.45, 2.75) is 24.7 Å². The van der Waals surface area contributed by atoms with Crippen molar-refractivity contribution in [3.8, 4) is 11.8 Å². The number of aliphatic hydroxyl groups excluding tert-OH is 2. The second kappa shape index (κ2) is 7.28. The summed E-state index contributed by atoms with van der Waals surface area (Å²) in [4.78, 5) is 26.0. The number of nitrogens with one attached hydrogen (secondary N) is 2. The highest BCUT2D eigenvalue weighted by atomic mass is 16.3. The summed E-state index contributed by atoms with van der Waals surface area (Å²) < 4.78 is 7.48. The Morgan fingerprint density at radius 3 is 2.82 bits per heavy atom. The van der Waals surface area contributed by atoms with Crippen LogP contribution in [-0.2, 0) is 4.79 Å². The lowest BCUT2D eigenvalue weighted by Crippen LogP contribution is -2.41. The summed E-state index contributed by atoms with van der Waals surface area (Å²) in [5.41, 5.74) is 0.730. The lowest BCUT2D eigenvalue weighted by molar-refractivity contribution is -0.132. The number of rotatable bonds is 3. The lowest BCUT2D eigenvalue weighted by atomic mass is 9.98. The summed E-state index contributed by atoms with van der Waals surface area (Å²) in [7, 11) is 3.26. The fraction of sp³-hybridized carbons (Fsp3) is 0.333. The maximum atomic E-state index is 12.5. The first-order chi connectivity index (χ1) is 16.5. The Morgan fingerprint density at radius 1 is 1.24 bits per heavy atom. The van der Waals surface area contributed by atoms with Crippen LogP contribution in [0, 0.1) is 23.2 Å². The molecule has 2 aliphatic rings. The number of imidazole rings is 1. The molecule has 4 aromatic rings. The molecule has 5 atom stereocenters. The molecule has 2 aliphatic carbocycles. The zero-order valence-electron chi connectivity index (χ0n) is 18.5. The number of para-hydroxylation sites is 1. The van der Waals surface area contributed by atoms with E-state index in [2.05, 4.69) is 37.4 Å². The lowest BCUT2D eigenvalue weighted by Gasteiger charge is -2.23. The van der Waals surface area contributed by atoms with Gasteiger partial charge in [-0.1, -0.05) is 18.2 Å². The van der Waals surface area contributed by atoms with Crippen molar-refractivity contribution in [3.63, 3.8) is 0 Å². The molecule has 0 bridgehead atoms. The molecule has 0 radical (unpaired) electrons. The normalized spacial score (nSPS) is 27.3. The van der Waals surface area contributed by atoms with Crippen molar-refractivity contribution in [1.82, 2.24) is 24.8 Å². The Hall–Kier alpha value is -3.94. The van der Waals surface area contributed by atoms with Crippen LogP contribution in [0.3, 0.4) is 0 Å². The largest absolute Gasteiger partial charge is 0.448 e. The number of furan rings is 1. The van der Waals surface area contributed by atoms with Crippen LogP contribution in [0.5, 0.6) is 0 Å². The fourth-order valence-electron chi connectivity index (χ4n) is 5.31. The number of carbonyl (C=O) groups is 1.